The summed E-state index contributed by atoms with van der Waals surface area (Å²) in [6.45, 7) is 14.0. The molecular weight excluding hydrogens is 658 g/mol. The minimum absolute atomic E-state index is 0.00643. The van der Waals surface area contributed by atoms with Crippen LogP contribution in [0.4, 0.5) is 31.1 Å². The molecule has 20 heteroatoms. The number of allylic oxidation sites excluding steroid dienone is 1. The molecule has 1 unspecified atom stereocenters. The van der Waals surface area contributed by atoms with Gasteiger partial charge in [0.1, 0.15) is 12.7 Å². The first-order chi connectivity index (χ1) is 20.6. The molecule has 1 fully saturated rings. The predicted molar refractivity (Wildman–Crippen MR) is 153 cm³/mol. The first kappa shape index (κ1) is 40.9. The van der Waals surface area contributed by atoms with Crippen molar-refractivity contribution < 1.29 is 57.8 Å². The minimum atomic E-state index is -6.72. The lowest BCUT2D eigenvalue weighted by atomic mass is 10.0. The Morgan fingerprint density at radius 1 is 0.956 bits per heavy atom. The van der Waals surface area contributed by atoms with E-state index in [1.807, 2.05) is 11.8 Å². The number of unbranched alkanes of at least 4 members (excludes halogenated alkanes) is 3. The molecule has 0 aromatic rings. The molecule has 12 nitrogen and oxygen atoms in total. The summed E-state index contributed by atoms with van der Waals surface area (Å²) in [5.41, 5.74) is -7.43. The van der Waals surface area contributed by atoms with Crippen LogP contribution in [0.25, 0.3) is 4.13 Å². The zero-order valence-corrected chi connectivity index (χ0v) is 27.7. The number of urea groups is 1. The fraction of sp³-hybridized carbons (Fsp3) is 0.840. The number of halogens is 6. The molecule has 0 aromatic carbocycles. The monoisotopic (exact) mass is 702 g/mol. The molecule has 45 heavy (non-hydrogen) atoms. The van der Waals surface area contributed by atoms with Crippen LogP contribution in [0.2, 0.25) is 0 Å². The van der Waals surface area contributed by atoms with Crippen molar-refractivity contribution in [1.29, 1.82) is 0 Å². The van der Waals surface area contributed by atoms with Gasteiger partial charge in [0.25, 0.3) is 0 Å². The van der Waals surface area contributed by atoms with Crippen LogP contribution in [-0.2, 0) is 24.8 Å². The summed E-state index contributed by atoms with van der Waals surface area (Å²) in [6, 6.07) is -0.0889. The molecule has 2 rings (SSSR count). The predicted octanol–water partition coefficient (Wildman–Crippen LogP) is 3.98. The highest BCUT2D eigenvalue weighted by Gasteiger charge is 2.47. The van der Waals surface area contributed by atoms with Gasteiger partial charge in [-0.1, -0.05) is 53.0 Å². The molecule has 0 aliphatic carbocycles. The second-order valence-corrected chi connectivity index (χ2v) is 14.3. The molecule has 0 spiro atoms. The third-order valence-corrected chi connectivity index (χ3v) is 9.69. The van der Waals surface area contributed by atoms with Crippen molar-refractivity contribution in [3.63, 3.8) is 0 Å². The van der Waals surface area contributed by atoms with Gasteiger partial charge >= 0.3 is 17.0 Å². The molecule has 0 bridgehead atoms. The van der Waals surface area contributed by atoms with E-state index in [0.29, 0.717) is 13.0 Å². The molecule has 2 aliphatic rings. The van der Waals surface area contributed by atoms with E-state index >= 15 is 0 Å². The van der Waals surface area contributed by atoms with Gasteiger partial charge in [0, 0.05) is 26.1 Å². The Kier molecular flexibility index (Phi) is 15.5. The van der Waals surface area contributed by atoms with Crippen LogP contribution in [0, 0.1) is 5.92 Å². The lowest BCUT2D eigenvalue weighted by Gasteiger charge is -2.23. The number of hydrazine groups is 1. The fourth-order valence-electron chi connectivity index (χ4n) is 4.43. The van der Waals surface area contributed by atoms with Crippen LogP contribution >= 0.6 is 0 Å². The lowest BCUT2D eigenvalue weighted by molar-refractivity contribution is -0.901. The highest BCUT2D eigenvalue weighted by Crippen LogP contribution is 2.36. The van der Waals surface area contributed by atoms with Crippen molar-refractivity contribution in [3.8, 4) is 0 Å². The summed E-state index contributed by atoms with van der Waals surface area (Å²) in [6.07, 6.45) is 10.6. The number of alkyl halides is 6. The van der Waals surface area contributed by atoms with Crippen molar-refractivity contribution in [2.75, 3.05) is 26.2 Å². The molecule has 0 saturated carbocycles. The van der Waals surface area contributed by atoms with Crippen LogP contribution in [0.15, 0.2) is 11.9 Å². The van der Waals surface area contributed by atoms with E-state index in [0.717, 1.165) is 43.0 Å². The van der Waals surface area contributed by atoms with Gasteiger partial charge in [-0.3, -0.25) is 14.7 Å². The van der Waals surface area contributed by atoms with Gasteiger partial charge in [0.05, 0.1) is 11.7 Å². The maximum absolute atomic E-state index is 12.8. The molecule has 2 aliphatic heterocycles. The Bertz CT molecular complexity index is 1190. The van der Waals surface area contributed by atoms with E-state index in [1.165, 1.54) is 41.3 Å². The van der Waals surface area contributed by atoms with E-state index < -0.39 is 31.1 Å². The normalized spacial score (nSPS) is 19.7. The Morgan fingerprint density at radius 2 is 1.51 bits per heavy atom. The number of rotatable bonds is 15. The summed E-state index contributed by atoms with van der Waals surface area (Å²) in [5.74, 6) is 0.235. The van der Waals surface area contributed by atoms with Crippen molar-refractivity contribution in [3.05, 3.63) is 16.0 Å². The largest absolute Gasteiger partial charge is 0.480 e. The number of hydrogen-bond acceptors (Lipinski definition) is 8. The minimum Gasteiger partial charge on any atom is -0.421 e. The van der Waals surface area contributed by atoms with Crippen LogP contribution in [0.5, 0.6) is 0 Å². The molecule has 2 atom stereocenters. The average molecular weight is 703 g/mol. The maximum atomic E-state index is 12.8. The van der Waals surface area contributed by atoms with Crippen molar-refractivity contribution in [1.82, 2.24) is 20.3 Å². The fourth-order valence-corrected chi connectivity index (χ4v) is 6.14. The summed E-state index contributed by atoms with van der Waals surface area (Å²) in [4.78, 5) is 28.4. The summed E-state index contributed by atoms with van der Waals surface area (Å²) in [5, 5.41) is 3.66. The number of amides is 3. The Labute approximate surface area is 261 Å². The van der Waals surface area contributed by atoms with Crippen LogP contribution in [0.1, 0.15) is 86.0 Å². The molecule has 0 radical (unpaired) electrons. The number of sulfonamides is 2. The van der Waals surface area contributed by atoms with E-state index in [4.69, 9.17) is 0 Å². The number of hydrogen-bond donors (Lipinski definition) is 2. The van der Waals surface area contributed by atoms with Gasteiger partial charge in [-0.2, -0.15) is 26.3 Å². The number of quaternary nitrogens is 1. The summed E-state index contributed by atoms with van der Waals surface area (Å²) < 4.78 is 109. The number of nitrogens with one attached hydrogen (secondary N) is 2. The third-order valence-electron chi connectivity index (χ3n) is 6.95. The Morgan fingerprint density at radius 3 is 1.98 bits per heavy atom. The highest BCUT2D eigenvalue weighted by atomic mass is 32.3. The van der Waals surface area contributed by atoms with E-state index in [2.05, 4.69) is 44.4 Å². The third kappa shape index (κ3) is 11.9. The number of carbonyl (C=O) groups is 2. The van der Waals surface area contributed by atoms with E-state index in [1.54, 1.807) is 0 Å². The first-order valence-corrected chi connectivity index (χ1v) is 17.6. The van der Waals surface area contributed by atoms with E-state index in [-0.39, 0.29) is 23.9 Å². The smallest absolute Gasteiger partial charge is 0.421 e. The quantitative estimate of drug-likeness (QED) is 0.193. The number of nitrogens with zero attached hydrogens (tertiary/aromatic N) is 4. The molecule has 264 valence electrons. The van der Waals surface area contributed by atoms with Crippen LogP contribution in [-0.4, -0.2) is 86.8 Å². The Balaban J connectivity index is 0.000000570. The molecule has 3 amide bonds. The van der Waals surface area contributed by atoms with Gasteiger partial charge in [0.2, 0.25) is 5.91 Å². The van der Waals surface area contributed by atoms with Gasteiger partial charge in [-0.25, -0.2) is 26.6 Å². The standard InChI is InChI=1S/C23H43N5O2.C2F6NO4S2/c1-6-9-15-26-17-20(27(24-26)16-10-7-2)13-11-12-14-25-18-21(19(4)5)28(23(25)30)22(29)8-3;3-1(4,5)14(10,11)9-15(12,13)2(6,7)8/h17,19,21,24H,6-16,18H2,1-5H3;/q;-1/p+1/t21-;/m1./s1. The van der Waals surface area contributed by atoms with E-state index in [9.17, 15) is 52.8 Å². The zero-order chi connectivity index (χ0) is 34.8. The summed E-state index contributed by atoms with van der Waals surface area (Å²) >= 11 is 0. The highest BCUT2D eigenvalue weighted by molar-refractivity contribution is 8.13. The van der Waals surface area contributed by atoms with Crippen LogP contribution in [0.3, 0.4) is 0 Å². The van der Waals surface area contributed by atoms with Crippen molar-refractivity contribution in [2.45, 2.75) is 103 Å². The molecule has 1 saturated heterocycles. The topological polar surface area (TPSA) is 143 Å². The molecular formula is C25H44F6N6O6S2. The zero-order valence-electron chi connectivity index (χ0n) is 26.0. The maximum Gasteiger partial charge on any atom is 0.480 e. The molecule has 2 heterocycles. The van der Waals surface area contributed by atoms with Gasteiger partial charge in [0.15, 0.2) is 20.0 Å². The average Bonchev–Trinajstić information content (AvgIpc) is 3.46. The number of imide groups is 1. The SMILES string of the molecule is CCCCN1N[NH+](CCCC)C=C1CCCCN1C[C@H](C(C)C)N(C(=O)CC)C1=O.O=S(=O)([N-]S(=O)(=O)C(F)(F)F)C(F)(F)F. The second kappa shape index (κ2) is 17.1. The van der Waals surface area contributed by atoms with Crippen LogP contribution < -0.4 is 10.5 Å². The van der Waals surface area contributed by atoms with Gasteiger partial charge < -0.3 is 9.03 Å². The van der Waals surface area contributed by atoms with Gasteiger partial charge in [-0.05, 0) is 38.0 Å². The lowest BCUT2D eigenvalue weighted by Crippen LogP contribution is -3.14. The molecule has 2 N–H and O–H groups in total. The first-order valence-electron chi connectivity index (χ1n) is 14.7. The Hall–Kier alpha value is -2.16. The van der Waals surface area contributed by atoms with Crippen molar-refractivity contribution in [2.24, 2.45) is 5.92 Å². The number of carbonyl (C=O) groups excluding carboxylic acids is 2. The summed E-state index contributed by atoms with van der Waals surface area (Å²) in [7, 11) is -13.4. The molecule has 0 aromatic heterocycles. The van der Waals surface area contributed by atoms with Gasteiger partial charge in [-0.15, -0.1) is 0 Å². The van der Waals surface area contributed by atoms with Crippen molar-refractivity contribution >= 4 is 32.0 Å². The second-order valence-electron chi connectivity index (χ2n) is 10.9.